The van der Waals surface area contributed by atoms with Gasteiger partial charge in [-0.05, 0) is 29.8 Å². The largest absolute Gasteiger partial charge is 0.368 e. The number of aromatic nitrogens is 1. The molecule has 0 radical (unpaired) electrons. The number of rotatable bonds is 5. The Bertz CT molecular complexity index is 629. The van der Waals surface area contributed by atoms with Crippen LogP contribution in [0.15, 0.2) is 48.8 Å². The van der Waals surface area contributed by atoms with Crippen molar-refractivity contribution in [1.82, 2.24) is 10.3 Å². The van der Waals surface area contributed by atoms with Gasteiger partial charge in [-0.2, -0.15) is 0 Å². The molecule has 21 heavy (non-hydrogen) atoms. The SMILES string of the molecule is NC(=O)[C@H](Cc1ccc(Cl)cc1)NC(=O)c1ccncc1. The van der Waals surface area contributed by atoms with Crippen molar-refractivity contribution < 1.29 is 9.59 Å². The molecular weight excluding hydrogens is 290 g/mol. The predicted molar refractivity (Wildman–Crippen MR) is 79.8 cm³/mol. The summed E-state index contributed by atoms with van der Waals surface area (Å²) in [5, 5.41) is 3.23. The average molecular weight is 304 g/mol. The fourth-order valence-electron chi connectivity index (χ4n) is 1.82. The number of amides is 2. The Morgan fingerprint density at radius 3 is 2.33 bits per heavy atom. The quantitative estimate of drug-likeness (QED) is 0.879. The lowest BCUT2D eigenvalue weighted by molar-refractivity contribution is -0.119. The summed E-state index contributed by atoms with van der Waals surface area (Å²) in [6.45, 7) is 0. The minimum Gasteiger partial charge on any atom is -0.368 e. The van der Waals surface area contributed by atoms with Gasteiger partial charge < -0.3 is 11.1 Å². The second-order valence-corrected chi connectivity index (χ2v) is 4.93. The lowest BCUT2D eigenvalue weighted by Crippen LogP contribution is -2.45. The monoisotopic (exact) mass is 303 g/mol. The van der Waals surface area contributed by atoms with E-state index in [1.807, 2.05) is 0 Å². The molecule has 2 rings (SSSR count). The maximum atomic E-state index is 12.0. The number of carbonyl (C=O) groups is 2. The van der Waals surface area contributed by atoms with E-state index in [1.165, 1.54) is 12.4 Å². The highest BCUT2D eigenvalue weighted by atomic mass is 35.5. The van der Waals surface area contributed by atoms with E-state index in [4.69, 9.17) is 17.3 Å². The van der Waals surface area contributed by atoms with E-state index in [2.05, 4.69) is 10.3 Å². The topological polar surface area (TPSA) is 85.1 Å². The first-order valence-corrected chi connectivity index (χ1v) is 6.68. The molecule has 2 amide bonds. The summed E-state index contributed by atoms with van der Waals surface area (Å²) < 4.78 is 0. The molecule has 0 spiro atoms. The van der Waals surface area contributed by atoms with E-state index < -0.39 is 11.9 Å². The molecule has 108 valence electrons. The maximum absolute atomic E-state index is 12.0. The molecule has 1 aromatic heterocycles. The van der Waals surface area contributed by atoms with Crippen molar-refractivity contribution in [3.63, 3.8) is 0 Å². The third-order valence-electron chi connectivity index (χ3n) is 2.94. The molecule has 5 nitrogen and oxygen atoms in total. The summed E-state index contributed by atoms with van der Waals surface area (Å²) in [5.41, 5.74) is 6.63. The third kappa shape index (κ3) is 4.29. The third-order valence-corrected chi connectivity index (χ3v) is 3.20. The Balaban J connectivity index is 2.07. The molecule has 0 saturated carbocycles. The number of primary amides is 1. The summed E-state index contributed by atoms with van der Waals surface area (Å²) in [7, 11) is 0. The average Bonchev–Trinajstić information content (AvgIpc) is 2.49. The molecule has 1 atom stereocenters. The molecule has 2 aromatic rings. The van der Waals surface area contributed by atoms with Crippen LogP contribution in [0.2, 0.25) is 5.02 Å². The van der Waals surface area contributed by atoms with Crippen LogP contribution in [0.1, 0.15) is 15.9 Å². The van der Waals surface area contributed by atoms with Gasteiger partial charge in [0.05, 0.1) is 0 Å². The van der Waals surface area contributed by atoms with E-state index in [0.717, 1.165) is 5.56 Å². The Kier molecular flexibility index (Phi) is 4.90. The van der Waals surface area contributed by atoms with Crippen LogP contribution >= 0.6 is 11.6 Å². The Labute approximate surface area is 127 Å². The van der Waals surface area contributed by atoms with Crippen LogP contribution in [0, 0.1) is 0 Å². The van der Waals surface area contributed by atoms with Crippen molar-refractivity contribution >= 4 is 23.4 Å². The van der Waals surface area contributed by atoms with Crippen molar-refractivity contribution in [2.24, 2.45) is 5.73 Å². The molecule has 6 heteroatoms. The minimum absolute atomic E-state index is 0.309. The molecule has 0 unspecified atom stereocenters. The van der Waals surface area contributed by atoms with Gasteiger partial charge in [0.25, 0.3) is 5.91 Å². The molecule has 0 saturated heterocycles. The molecule has 0 aliphatic rings. The Morgan fingerprint density at radius 2 is 1.76 bits per heavy atom. The number of nitrogens with one attached hydrogen (secondary N) is 1. The number of halogens is 1. The first kappa shape index (κ1) is 15.0. The Morgan fingerprint density at radius 1 is 1.14 bits per heavy atom. The summed E-state index contributed by atoms with van der Waals surface area (Å²) in [5.74, 6) is -0.956. The van der Waals surface area contributed by atoms with Gasteiger partial charge in [-0.15, -0.1) is 0 Å². The van der Waals surface area contributed by atoms with E-state index in [0.29, 0.717) is 17.0 Å². The first-order valence-electron chi connectivity index (χ1n) is 6.31. The van der Waals surface area contributed by atoms with Crippen molar-refractivity contribution in [3.8, 4) is 0 Å². The second-order valence-electron chi connectivity index (χ2n) is 4.49. The fraction of sp³-hybridized carbons (Fsp3) is 0.133. The van der Waals surface area contributed by atoms with Gasteiger partial charge in [-0.1, -0.05) is 23.7 Å². The number of nitrogens with zero attached hydrogens (tertiary/aromatic N) is 1. The number of hydrogen-bond acceptors (Lipinski definition) is 3. The fourth-order valence-corrected chi connectivity index (χ4v) is 1.95. The van der Waals surface area contributed by atoms with Crippen LogP contribution in [-0.4, -0.2) is 22.8 Å². The van der Waals surface area contributed by atoms with E-state index in [-0.39, 0.29) is 5.91 Å². The number of carbonyl (C=O) groups excluding carboxylic acids is 2. The number of nitrogens with two attached hydrogens (primary N) is 1. The van der Waals surface area contributed by atoms with E-state index >= 15 is 0 Å². The molecule has 1 aromatic carbocycles. The maximum Gasteiger partial charge on any atom is 0.252 e. The molecular formula is C15H14ClN3O2. The first-order chi connectivity index (χ1) is 10.1. The molecule has 3 N–H and O–H groups in total. The zero-order valence-corrected chi connectivity index (χ0v) is 11.9. The lowest BCUT2D eigenvalue weighted by atomic mass is 10.1. The minimum atomic E-state index is -0.785. The van der Waals surface area contributed by atoms with Crippen LogP contribution in [0.3, 0.4) is 0 Å². The molecule has 1 heterocycles. The van der Waals surface area contributed by atoms with Gasteiger partial charge in [0.15, 0.2) is 0 Å². The predicted octanol–water partition coefficient (Wildman–Crippen LogP) is 1.56. The summed E-state index contributed by atoms with van der Waals surface area (Å²) in [4.78, 5) is 27.4. The molecule has 0 bridgehead atoms. The van der Waals surface area contributed by atoms with Gasteiger partial charge in [0.2, 0.25) is 5.91 Å². The van der Waals surface area contributed by atoms with Crippen LogP contribution in [0.25, 0.3) is 0 Å². The van der Waals surface area contributed by atoms with Gasteiger partial charge in [0.1, 0.15) is 6.04 Å². The van der Waals surface area contributed by atoms with Gasteiger partial charge in [-0.3, -0.25) is 14.6 Å². The van der Waals surface area contributed by atoms with Crippen molar-refractivity contribution in [2.75, 3.05) is 0 Å². The van der Waals surface area contributed by atoms with E-state index in [9.17, 15) is 9.59 Å². The number of benzene rings is 1. The molecule has 0 fully saturated rings. The van der Waals surface area contributed by atoms with Crippen LogP contribution in [0.4, 0.5) is 0 Å². The van der Waals surface area contributed by atoms with Crippen LogP contribution in [-0.2, 0) is 11.2 Å². The zero-order chi connectivity index (χ0) is 15.2. The zero-order valence-electron chi connectivity index (χ0n) is 11.1. The van der Waals surface area contributed by atoms with Gasteiger partial charge in [-0.25, -0.2) is 0 Å². The summed E-state index contributed by atoms with van der Waals surface area (Å²) in [6, 6.07) is 9.37. The normalized spacial score (nSPS) is 11.7. The van der Waals surface area contributed by atoms with Gasteiger partial charge >= 0.3 is 0 Å². The standard InChI is InChI=1S/C15H14ClN3O2/c16-12-3-1-10(2-4-12)9-13(14(17)20)19-15(21)11-5-7-18-8-6-11/h1-8,13H,9H2,(H2,17,20)(H,19,21)/t13-/m0/s1. The second kappa shape index (κ2) is 6.85. The van der Waals surface area contributed by atoms with Gasteiger partial charge in [0, 0.05) is 29.4 Å². The van der Waals surface area contributed by atoms with Crippen molar-refractivity contribution in [3.05, 3.63) is 64.9 Å². The van der Waals surface area contributed by atoms with Crippen molar-refractivity contribution in [1.29, 1.82) is 0 Å². The highest BCUT2D eigenvalue weighted by Crippen LogP contribution is 2.11. The highest BCUT2D eigenvalue weighted by Gasteiger charge is 2.19. The molecule has 0 aliphatic heterocycles. The summed E-state index contributed by atoms with van der Waals surface area (Å²) >= 11 is 5.81. The lowest BCUT2D eigenvalue weighted by Gasteiger charge is -2.15. The van der Waals surface area contributed by atoms with Crippen LogP contribution < -0.4 is 11.1 Å². The highest BCUT2D eigenvalue weighted by molar-refractivity contribution is 6.30. The van der Waals surface area contributed by atoms with Crippen LogP contribution in [0.5, 0.6) is 0 Å². The number of hydrogen-bond donors (Lipinski definition) is 2. The Hall–Kier alpha value is -2.40. The van der Waals surface area contributed by atoms with E-state index in [1.54, 1.807) is 36.4 Å². The van der Waals surface area contributed by atoms with Crippen molar-refractivity contribution in [2.45, 2.75) is 12.5 Å². The number of pyridine rings is 1. The summed E-state index contributed by atoms with van der Waals surface area (Å²) in [6.07, 6.45) is 3.32. The molecule has 0 aliphatic carbocycles. The smallest absolute Gasteiger partial charge is 0.252 e.